The molecule has 18 heavy (non-hydrogen) atoms. The van der Waals surface area contributed by atoms with Gasteiger partial charge in [0, 0.05) is 11.4 Å². The summed E-state index contributed by atoms with van der Waals surface area (Å²) < 4.78 is 0. The largest absolute Gasteiger partial charge is 0.356 e. The molecule has 90 valence electrons. The van der Waals surface area contributed by atoms with Gasteiger partial charge >= 0.3 is 0 Å². The second kappa shape index (κ2) is 5.87. The molecule has 2 aromatic carbocycles. The van der Waals surface area contributed by atoms with Crippen LogP contribution in [-0.2, 0) is 0 Å². The first-order valence-electron chi connectivity index (χ1n) is 6.03. The van der Waals surface area contributed by atoms with E-state index in [9.17, 15) is 0 Å². The molecule has 0 aliphatic heterocycles. The highest BCUT2D eigenvalue weighted by atomic mass is 14.9. The summed E-state index contributed by atoms with van der Waals surface area (Å²) in [5, 5.41) is 3.24. The molecule has 0 radical (unpaired) electrons. The van der Waals surface area contributed by atoms with Crippen molar-refractivity contribution in [3.05, 3.63) is 79.0 Å². The summed E-state index contributed by atoms with van der Waals surface area (Å²) in [5.41, 5.74) is 4.40. The van der Waals surface area contributed by atoms with E-state index in [4.69, 9.17) is 0 Å². The Morgan fingerprint density at radius 2 is 1.56 bits per heavy atom. The van der Waals surface area contributed by atoms with Crippen LogP contribution in [-0.4, -0.2) is 0 Å². The van der Waals surface area contributed by atoms with Crippen LogP contribution >= 0.6 is 0 Å². The van der Waals surface area contributed by atoms with Gasteiger partial charge < -0.3 is 5.32 Å². The smallest absolute Gasteiger partial charge is 0.0384 e. The van der Waals surface area contributed by atoms with Crippen LogP contribution in [0.5, 0.6) is 0 Å². The molecule has 1 heteroatoms. The van der Waals surface area contributed by atoms with Crippen molar-refractivity contribution in [1.82, 2.24) is 0 Å². The van der Waals surface area contributed by atoms with Crippen molar-refractivity contribution in [3.8, 4) is 11.1 Å². The lowest BCUT2D eigenvalue weighted by molar-refractivity contribution is 1.48. The molecule has 1 nitrogen and oxygen atoms in total. The Bertz CT molecular complexity index is 536. The zero-order valence-corrected chi connectivity index (χ0v) is 10.6. The molecule has 2 aromatic rings. The quantitative estimate of drug-likeness (QED) is 0.746. The minimum absolute atomic E-state index is 0.893. The molecule has 0 unspecified atom stereocenters. The van der Waals surface area contributed by atoms with E-state index in [0.29, 0.717) is 0 Å². The Labute approximate surface area is 108 Å². The lowest BCUT2D eigenvalue weighted by Gasteiger charge is -2.07. The van der Waals surface area contributed by atoms with Crippen LogP contribution in [0.3, 0.4) is 0 Å². The van der Waals surface area contributed by atoms with Gasteiger partial charge in [0.15, 0.2) is 0 Å². The molecule has 0 spiro atoms. The molecule has 0 aliphatic carbocycles. The van der Waals surface area contributed by atoms with Gasteiger partial charge in [0.2, 0.25) is 0 Å². The summed E-state index contributed by atoms with van der Waals surface area (Å²) >= 11 is 0. The number of anilines is 1. The first-order chi connectivity index (χ1) is 8.79. The standard InChI is InChI=1S/C17H17N/c1-3-7-14(2)18-17-12-10-16(11-13-17)15-8-5-4-6-9-15/h3-13,18H,2H2,1H3/b7-3-. The zero-order chi connectivity index (χ0) is 12.8. The highest BCUT2D eigenvalue weighted by molar-refractivity contribution is 5.66. The van der Waals surface area contributed by atoms with Gasteiger partial charge in [-0.25, -0.2) is 0 Å². The number of nitrogens with one attached hydrogen (secondary N) is 1. The maximum atomic E-state index is 3.92. The van der Waals surface area contributed by atoms with Crippen molar-refractivity contribution >= 4 is 5.69 Å². The Kier molecular flexibility index (Phi) is 3.98. The van der Waals surface area contributed by atoms with Crippen molar-refractivity contribution in [1.29, 1.82) is 0 Å². The van der Waals surface area contributed by atoms with Gasteiger partial charge in [0.25, 0.3) is 0 Å². The van der Waals surface area contributed by atoms with Crippen molar-refractivity contribution < 1.29 is 0 Å². The molecule has 0 saturated heterocycles. The monoisotopic (exact) mass is 235 g/mol. The summed E-state index contributed by atoms with van der Waals surface area (Å²) in [6.07, 6.45) is 3.92. The molecule has 0 heterocycles. The van der Waals surface area contributed by atoms with Gasteiger partial charge in [-0.1, -0.05) is 55.1 Å². The molecule has 0 saturated carbocycles. The predicted octanol–water partition coefficient (Wildman–Crippen LogP) is 4.86. The van der Waals surface area contributed by atoms with Crippen LogP contribution in [0.25, 0.3) is 11.1 Å². The van der Waals surface area contributed by atoms with E-state index in [2.05, 4.69) is 60.4 Å². The van der Waals surface area contributed by atoms with Crippen LogP contribution in [0, 0.1) is 0 Å². The van der Waals surface area contributed by atoms with Gasteiger partial charge in [0.1, 0.15) is 0 Å². The Hall–Kier alpha value is -2.28. The molecule has 0 atom stereocenters. The van der Waals surface area contributed by atoms with Crippen molar-refractivity contribution in [2.45, 2.75) is 6.92 Å². The van der Waals surface area contributed by atoms with Gasteiger partial charge in [-0.2, -0.15) is 0 Å². The SMILES string of the molecule is C=C(/C=C\C)Nc1ccc(-c2ccccc2)cc1. The minimum Gasteiger partial charge on any atom is -0.356 e. The summed E-state index contributed by atoms with van der Waals surface area (Å²) in [6.45, 7) is 5.90. The molecule has 0 aromatic heterocycles. The average Bonchev–Trinajstić information content (AvgIpc) is 2.41. The second-order valence-electron chi connectivity index (χ2n) is 4.09. The molecule has 0 aliphatic rings. The average molecular weight is 235 g/mol. The van der Waals surface area contributed by atoms with E-state index < -0.39 is 0 Å². The van der Waals surface area contributed by atoms with Crippen molar-refractivity contribution in [2.75, 3.05) is 5.32 Å². The van der Waals surface area contributed by atoms with E-state index >= 15 is 0 Å². The summed E-state index contributed by atoms with van der Waals surface area (Å²) in [7, 11) is 0. The molecule has 0 fully saturated rings. The maximum absolute atomic E-state index is 3.92. The highest BCUT2D eigenvalue weighted by Crippen LogP contribution is 2.21. The lowest BCUT2D eigenvalue weighted by Crippen LogP contribution is -1.94. The van der Waals surface area contributed by atoms with E-state index in [0.717, 1.165) is 11.4 Å². The highest BCUT2D eigenvalue weighted by Gasteiger charge is 1.97. The number of hydrogen-bond acceptors (Lipinski definition) is 1. The van der Waals surface area contributed by atoms with Crippen LogP contribution in [0.1, 0.15) is 6.92 Å². The Morgan fingerprint density at radius 3 is 2.17 bits per heavy atom. The summed E-state index contributed by atoms with van der Waals surface area (Å²) in [5.74, 6) is 0. The van der Waals surface area contributed by atoms with E-state index in [1.165, 1.54) is 11.1 Å². The van der Waals surface area contributed by atoms with E-state index in [1.807, 2.05) is 25.1 Å². The molecular weight excluding hydrogens is 218 g/mol. The summed E-state index contributed by atoms with van der Waals surface area (Å²) in [6, 6.07) is 18.7. The van der Waals surface area contributed by atoms with Crippen molar-refractivity contribution in [2.24, 2.45) is 0 Å². The third kappa shape index (κ3) is 3.11. The van der Waals surface area contributed by atoms with Crippen LogP contribution in [0.15, 0.2) is 79.0 Å². The molecule has 1 N–H and O–H groups in total. The number of benzene rings is 2. The Balaban J connectivity index is 2.13. The van der Waals surface area contributed by atoms with Gasteiger partial charge in [-0.3, -0.25) is 0 Å². The normalized spacial score (nSPS) is 10.5. The fourth-order valence-corrected chi connectivity index (χ4v) is 1.80. The van der Waals surface area contributed by atoms with Gasteiger partial charge in [-0.05, 0) is 36.3 Å². The Morgan fingerprint density at radius 1 is 0.944 bits per heavy atom. The van der Waals surface area contributed by atoms with Crippen LogP contribution in [0.4, 0.5) is 5.69 Å². The fourth-order valence-electron chi connectivity index (χ4n) is 1.80. The van der Waals surface area contributed by atoms with Gasteiger partial charge in [0.05, 0.1) is 0 Å². The third-order valence-electron chi connectivity index (χ3n) is 2.66. The van der Waals surface area contributed by atoms with E-state index in [-0.39, 0.29) is 0 Å². The number of allylic oxidation sites excluding steroid dienone is 2. The number of rotatable bonds is 4. The fraction of sp³-hybridized carbons (Fsp3) is 0.0588. The molecule has 0 amide bonds. The predicted molar refractivity (Wildman–Crippen MR) is 79.5 cm³/mol. The van der Waals surface area contributed by atoms with Crippen LogP contribution < -0.4 is 5.32 Å². The maximum Gasteiger partial charge on any atom is 0.0384 e. The topological polar surface area (TPSA) is 12.0 Å². The molecule has 0 bridgehead atoms. The molecule has 2 rings (SSSR count). The zero-order valence-electron chi connectivity index (χ0n) is 10.6. The third-order valence-corrected chi connectivity index (χ3v) is 2.66. The first kappa shape index (κ1) is 12.2. The molecular formula is C17H17N. The second-order valence-corrected chi connectivity index (χ2v) is 4.09. The van der Waals surface area contributed by atoms with Gasteiger partial charge in [-0.15, -0.1) is 0 Å². The van der Waals surface area contributed by atoms with Crippen LogP contribution in [0.2, 0.25) is 0 Å². The minimum atomic E-state index is 0.893. The summed E-state index contributed by atoms with van der Waals surface area (Å²) in [4.78, 5) is 0. The van der Waals surface area contributed by atoms with E-state index in [1.54, 1.807) is 0 Å². The van der Waals surface area contributed by atoms with Crippen molar-refractivity contribution in [3.63, 3.8) is 0 Å². The lowest BCUT2D eigenvalue weighted by atomic mass is 10.1. The first-order valence-corrected chi connectivity index (χ1v) is 6.03. The number of hydrogen-bond donors (Lipinski definition) is 1.